The minimum atomic E-state index is -4.67. The summed E-state index contributed by atoms with van der Waals surface area (Å²) in [6.07, 6.45) is 6.30. The first-order chi connectivity index (χ1) is 11.8. The van der Waals surface area contributed by atoms with Gasteiger partial charge in [-0.05, 0) is 79.5 Å². The lowest BCUT2D eigenvalue weighted by Gasteiger charge is -2.51. The number of hydrogen-bond donors (Lipinski definition) is 2. The largest absolute Gasteiger partial charge is 0.524 e. The van der Waals surface area contributed by atoms with Crippen molar-refractivity contribution in [2.24, 2.45) is 23.7 Å². The van der Waals surface area contributed by atoms with E-state index in [1.165, 1.54) is 37.7 Å². The quantitative estimate of drug-likeness (QED) is 0.585. The Morgan fingerprint density at radius 3 is 2.24 bits per heavy atom. The average molecular weight is 385 g/mol. The number of ether oxygens (including phenoxy) is 1. The Labute approximate surface area is 152 Å². The van der Waals surface area contributed by atoms with Crippen molar-refractivity contribution in [3.8, 4) is 5.75 Å². The van der Waals surface area contributed by atoms with Crippen LogP contribution in [0, 0.1) is 23.7 Å². The van der Waals surface area contributed by atoms with Crippen LogP contribution in [0.25, 0.3) is 5.76 Å². The molecule has 5 nitrogen and oxygen atoms in total. The standard InChI is InChI=1S/C18H22ClO5P/c1-23-18(12-2-3-15(19)16(9-12)24-25(20,21)22)17-13-5-10-4-11(7-13)8-14(17)6-10/h2-3,9-11,13-14H,4-8H2,1H3,(H2,20,21,22). The SMILES string of the molecule is COC(=C1C2CC3CC(C2)CC1C3)c1ccc(Cl)c(OP(=O)(O)O)c1. The molecule has 0 aromatic heterocycles. The minimum absolute atomic E-state index is 0.0218. The van der Waals surface area contributed by atoms with E-state index in [1.807, 2.05) is 6.07 Å². The summed E-state index contributed by atoms with van der Waals surface area (Å²) in [5.74, 6) is 3.62. The van der Waals surface area contributed by atoms with Gasteiger partial charge < -0.3 is 9.26 Å². The second-order valence-electron chi connectivity index (χ2n) is 7.52. The fourth-order valence-electron chi connectivity index (χ4n) is 5.31. The number of allylic oxidation sites excluding steroid dienone is 1. The third kappa shape index (κ3) is 3.35. The van der Waals surface area contributed by atoms with Crippen LogP contribution in [-0.2, 0) is 9.30 Å². The van der Waals surface area contributed by atoms with Crippen molar-refractivity contribution in [3.05, 3.63) is 34.4 Å². The number of rotatable bonds is 4. The molecular formula is C18H22ClO5P. The second kappa shape index (κ2) is 6.31. The van der Waals surface area contributed by atoms with E-state index in [-0.39, 0.29) is 10.8 Å². The molecule has 4 aliphatic rings. The zero-order valence-electron chi connectivity index (χ0n) is 14.0. The molecule has 0 atom stereocenters. The number of phosphoric ester groups is 1. The minimum Gasteiger partial charge on any atom is -0.496 e. The molecule has 4 fully saturated rings. The summed E-state index contributed by atoms with van der Waals surface area (Å²) in [5, 5.41) is 0.164. The van der Waals surface area contributed by atoms with Gasteiger partial charge in [-0.3, -0.25) is 9.79 Å². The highest BCUT2D eigenvalue weighted by Gasteiger charge is 2.46. The molecule has 0 amide bonds. The van der Waals surface area contributed by atoms with Crippen LogP contribution in [0.3, 0.4) is 0 Å². The van der Waals surface area contributed by atoms with Crippen molar-refractivity contribution in [1.82, 2.24) is 0 Å². The van der Waals surface area contributed by atoms with Crippen LogP contribution in [-0.4, -0.2) is 16.9 Å². The lowest BCUT2D eigenvalue weighted by molar-refractivity contribution is 0.0675. The van der Waals surface area contributed by atoms with Crippen molar-refractivity contribution in [2.75, 3.05) is 7.11 Å². The maximum absolute atomic E-state index is 11.2. The van der Waals surface area contributed by atoms with E-state index in [1.54, 1.807) is 19.2 Å². The lowest BCUT2D eigenvalue weighted by Crippen LogP contribution is -2.40. The smallest absolute Gasteiger partial charge is 0.496 e. The zero-order chi connectivity index (χ0) is 17.8. The predicted molar refractivity (Wildman–Crippen MR) is 95.1 cm³/mol. The molecule has 4 aliphatic carbocycles. The van der Waals surface area contributed by atoms with Crippen LogP contribution >= 0.6 is 19.4 Å². The fourth-order valence-corrected chi connectivity index (χ4v) is 5.92. The van der Waals surface area contributed by atoms with Gasteiger partial charge >= 0.3 is 7.82 Å². The topological polar surface area (TPSA) is 76.0 Å². The summed E-state index contributed by atoms with van der Waals surface area (Å²) in [5.41, 5.74) is 2.14. The first kappa shape index (κ1) is 17.4. The highest BCUT2D eigenvalue weighted by Crippen LogP contribution is 2.58. The van der Waals surface area contributed by atoms with Crippen molar-refractivity contribution in [3.63, 3.8) is 0 Å². The molecule has 136 valence electrons. The normalized spacial score (nSPS) is 30.5. The Kier molecular flexibility index (Phi) is 4.40. The third-order valence-electron chi connectivity index (χ3n) is 5.89. The zero-order valence-corrected chi connectivity index (χ0v) is 15.7. The second-order valence-corrected chi connectivity index (χ2v) is 9.09. The number of benzene rings is 1. The summed E-state index contributed by atoms with van der Waals surface area (Å²) in [6, 6.07) is 4.99. The Morgan fingerprint density at radius 2 is 1.72 bits per heavy atom. The molecule has 0 heterocycles. The molecule has 2 N–H and O–H groups in total. The van der Waals surface area contributed by atoms with E-state index in [4.69, 9.17) is 30.6 Å². The van der Waals surface area contributed by atoms with Gasteiger partial charge in [-0.15, -0.1) is 0 Å². The molecular weight excluding hydrogens is 363 g/mol. The van der Waals surface area contributed by atoms with Crippen LogP contribution in [0.2, 0.25) is 5.02 Å². The van der Waals surface area contributed by atoms with E-state index < -0.39 is 7.82 Å². The van der Waals surface area contributed by atoms with Crippen LogP contribution < -0.4 is 4.52 Å². The van der Waals surface area contributed by atoms with E-state index in [2.05, 4.69) is 0 Å². The van der Waals surface area contributed by atoms with Gasteiger partial charge in [0.1, 0.15) is 5.76 Å². The Morgan fingerprint density at radius 1 is 1.12 bits per heavy atom. The Bertz CT molecular complexity index is 739. The van der Waals surface area contributed by atoms with Crippen molar-refractivity contribution >= 4 is 25.2 Å². The van der Waals surface area contributed by atoms with Gasteiger partial charge in [0.25, 0.3) is 0 Å². The molecule has 0 radical (unpaired) electrons. The van der Waals surface area contributed by atoms with Gasteiger partial charge in [0, 0.05) is 5.56 Å². The van der Waals surface area contributed by atoms with Gasteiger partial charge in [0.15, 0.2) is 5.75 Å². The highest BCUT2D eigenvalue weighted by atomic mass is 35.5. The number of methoxy groups -OCH3 is 1. The van der Waals surface area contributed by atoms with Crippen LogP contribution in [0.4, 0.5) is 0 Å². The summed E-state index contributed by atoms with van der Waals surface area (Å²) in [6.45, 7) is 0. The van der Waals surface area contributed by atoms with Crippen LogP contribution in [0.15, 0.2) is 23.8 Å². The molecule has 25 heavy (non-hydrogen) atoms. The maximum atomic E-state index is 11.2. The molecule has 0 aliphatic heterocycles. The highest BCUT2D eigenvalue weighted by molar-refractivity contribution is 7.46. The van der Waals surface area contributed by atoms with Gasteiger partial charge in [-0.2, -0.15) is 0 Å². The van der Waals surface area contributed by atoms with Gasteiger partial charge in [-0.1, -0.05) is 11.6 Å². The third-order valence-corrected chi connectivity index (χ3v) is 6.64. The Hall–Kier alpha value is -1.00. The number of halogens is 1. The summed E-state index contributed by atoms with van der Waals surface area (Å²) < 4.78 is 21.7. The first-order valence-electron chi connectivity index (χ1n) is 8.67. The van der Waals surface area contributed by atoms with Crippen molar-refractivity contribution in [1.29, 1.82) is 0 Å². The number of phosphoric acid groups is 1. The summed E-state index contributed by atoms with van der Waals surface area (Å²) in [7, 11) is -3.01. The molecule has 4 bridgehead atoms. The van der Waals surface area contributed by atoms with E-state index in [0.29, 0.717) is 11.8 Å². The van der Waals surface area contributed by atoms with E-state index in [9.17, 15) is 4.57 Å². The van der Waals surface area contributed by atoms with Gasteiger partial charge in [0.2, 0.25) is 0 Å². The van der Waals surface area contributed by atoms with Crippen molar-refractivity contribution in [2.45, 2.75) is 32.1 Å². The molecule has 5 rings (SSSR count). The lowest BCUT2D eigenvalue weighted by atomic mass is 9.54. The molecule has 4 saturated carbocycles. The molecule has 0 unspecified atom stereocenters. The first-order valence-corrected chi connectivity index (χ1v) is 10.6. The number of hydrogen-bond acceptors (Lipinski definition) is 3. The summed E-state index contributed by atoms with van der Waals surface area (Å²) in [4.78, 5) is 18.2. The molecule has 7 heteroatoms. The van der Waals surface area contributed by atoms with E-state index in [0.717, 1.165) is 23.2 Å². The molecule has 1 aromatic carbocycles. The van der Waals surface area contributed by atoms with E-state index >= 15 is 0 Å². The van der Waals surface area contributed by atoms with Gasteiger partial charge in [-0.25, -0.2) is 4.57 Å². The molecule has 0 spiro atoms. The molecule has 1 aromatic rings. The fraction of sp³-hybridized carbons (Fsp3) is 0.556. The predicted octanol–water partition coefficient (Wildman–Crippen LogP) is 4.63. The maximum Gasteiger partial charge on any atom is 0.524 e. The monoisotopic (exact) mass is 384 g/mol. The van der Waals surface area contributed by atoms with Crippen LogP contribution in [0.1, 0.15) is 37.7 Å². The Balaban J connectivity index is 1.74. The van der Waals surface area contributed by atoms with Crippen molar-refractivity contribution < 1.29 is 23.6 Å². The molecule has 0 saturated heterocycles. The summed E-state index contributed by atoms with van der Waals surface area (Å²) >= 11 is 6.03. The van der Waals surface area contributed by atoms with Gasteiger partial charge in [0.05, 0.1) is 12.1 Å². The average Bonchev–Trinajstić information content (AvgIpc) is 2.51. The van der Waals surface area contributed by atoms with Crippen LogP contribution in [0.5, 0.6) is 5.75 Å².